The van der Waals surface area contributed by atoms with E-state index >= 15 is 0 Å². The monoisotopic (exact) mass is 313 g/mol. The highest BCUT2D eigenvalue weighted by atomic mass is 79.9. The van der Waals surface area contributed by atoms with Crippen LogP contribution in [-0.4, -0.2) is 36.0 Å². The zero-order valence-corrected chi connectivity index (χ0v) is 11.8. The smallest absolute Gasteiger partial charge is 0.275 e. The summed E-state index contributed by atoms with van der Waals surface area (Å²) < 4.78 is 0.735. The molecule has 1 aliphatic heterocycles. The third-order valence-electron chi connectivity index (χ3n) is 3.22. The van der Waals surface area contributed by atoms with Gasteiger partial charge >= 0.3 is 0 Å². The molecule has 18 heavy (non-hydrogen) atoms. The van der Waals surface area contributed by atoms with Crippen molar-refractivity contribution in [2.45, 2.75) is 19.0 Å². The maximum atomic E-state index is 11.0. The van der Waals surface area contributed by atoms with Gasteiger partial charge in [-0.05, 0) is 32.1 Å². The fraction of sp³-hybridized carbons (Fsp3) is 0.500. The van der Waals surface area contributed by atoms with Gasteiger partial charge in [0, 0.05) is 35.2 Å². The molecule has 0 aromatic heterocycles. The van der Waals surface area contributed by atoms with Gasteiger partial charge in [0.1, 0.15) is 0 Å². The quantitative estimate of drug-likeness (QED) is 0.683. The molecule has 98 valence electrons. The van der Waals surface area contributed by atoms with Gasteiger partial charge in [0.15, 0.2) is 0 Å². The van der Waals surface area contributed by atoms with Crippen molar-refractivity contribution < 1.29 is 4.92 Å². The Bertz CT molecular complexity index is 453. The summed E-state index contributed by atoms with van der Waals surface area (Å²) in [5, 5.41) is 14.4. The average Bonchev–Trinajstić information content (AvgIpc) is 2.73. The van der Waals surface area contributed by atoms with Crippen LogP contribution in [0.25, 0.3) is 0 Å². The number of likely N-dealkylation sites (tertiary alicyclic amines) is 1. The Morgan fingerprint density at radius 1 is 1.61 bits per heavy atom. The van der Waals surface area contributed by atoms with Crippen LogP contribution in [0.5, 0.6) is 0 Å². The van der Waals surface area contributed by atoms with Gasteiger partial charge in [-0.25, -0.2) is 0 Å². The summed E-state index contributed by atoms with van der Waals surface area (Å²) >= 11 is 3.26. The Balaban J connectivity index is 2.02. The van der Waals surface area contributed by atoms with Gasteiger partial charge in [0.05, 0.1) is 4.92 Å². The molecule has 0 spiro atoms. The highest BCUT2D eigenvalue weighted by Gasteiger charge is 2.20. The van der Waals surface area contributed by atoms with Crippen molar-refractivity contribution in [2.24, 2.45) is 0 Å². The first-order chi connectivity index (χ1) is 8.56. The SMILES string of the molecule is CN1CCC(NCc2ccc(Br)cc2[N+](=O)[O-])C1. The van der Waals surface area contributed by atoms with E-state index in [1.54, 1.807) is 12.1 Å². The fourth-order valence-corrected chi connectivity index (χ4v) is 2.56. The van der Waals surface area contributed by atoms with Gasteiger partial charge in [0.25, 0.3) is 5.69 Å². The van der Waals surface area contributed by atoms with Gasteiger partial charge < -0.3 is 10.2 Å². The van der Waals surface area contributed by atoms with E-state index in [1.807, 2.05) is 6.07 Å². The molecular weight excluding hydrogens is 298 g/mol. The number of rotatable bonds is 4. The summed E-state index contributed by atoms with van der Waals surface area (Å²) in [7, 11) is 2.09. The van der Waals surface area contributed by atoms with Gasteiger partial charge in [-0.3, -0.25) is 10.1 Å². The van der Waals surface area contributed by atoms with Crippen molar-refractivity contribution in [3.8, 4) is 0 Å². The molecule has 1 N–H and O–H groups in total. The third kappa shape index (κ3) is 3.28. The van der Waals surface area contributed by atoms with E-state index in [-0.39, 0.29) is 10.6 Å². The zero-order chi connectivity index (χ0) is 13.1. The molecule has 1 aromatic rings. The van der Waals surface area contributed by atoms with Gasteiger partial charge in [-0.2, -0.15) is 0 Å². The van der Waals surface area contributed by atoms with Crippen LogP contribution in [-0.2, 0) is 6.54 Å². The molecule has 5 nitrogen and oxygen atoms in total. The lowest BCUT2D eigenvalue weighted by molar-refractivity contribution is -0.385. The summed E-state index contributed by atoms with van der Waals surface area (Å²) in [6.07, 6.45) is 1.10. The minimum Gasteiger partial charge on any atom is -0.308 e. The number of nitrogens with one attached hydrogen (secondary N) is 1. The van der Waals surface area contributed by atoms with Crippen LogP contribution in [0.2, 0.25) is 0 Å². The van der Waals surface area contributed by atoms with E-state index in [0.29, 0.717) is 12.6 Å². The Labute approximate surface area is 114 Å². The van der Waals surface area contributed by atoms with Crippen LogP contribution in [0.15, 0.2) is 22.7 Å². The standard InChI is InChI=1S/C12H16BrN3O2/c1-15-5-4-11(8-15)14-7-9-2-3-10(13)6-12(9)16(17)18/h2-3,6,11,14H,4-5,7-8H2,1H3. The van der Waals surface area contributed by atoms with Crippen LogP contribution in [0.1, 0.15) is 12.0 Å². The molecule has 1 fully saturated rings. The number of benzene rings is 1. The molecule has 1 aromatic carbocycles. The minimum absolute atomic E-state index is 0.170. The van der Waals surface area contributed by atoms with E-state index in [2.05, 4.69) is 33.2 Å². The first-order valence-electron chi connectivity index (χ1n) is 5.91. The van der Waals surface area contributed by atoms with E-state index < -0.39 is 0 Å². The second-order valence-electron chi connectivity index (χ2n) is 4.66. The number of hydrogen-bond acceptors (Lipinski definition) is 4. The maximum Gasteiger partial charge on any atom is 0.275 e. The summed E-state index contributed by atoms with van der Waals surface area (Å²) in [6, 6.07) is 5.62. The normalized spacial score (nSPS) is 20.2. The molecule has 0 radical (unpaired) electrons. The van der Waals surface area contributed by atoms with Crippen LogP contribution in [0.3, 0.4) is 0 Å². The second kappa shape index (κ2) is 5.77. The number of halogens is 1. The number of likely N-dealkylation sites (N-methyl/N-ethyl adjacent to an activating group) is 1. The average molecular weight is 314 g/mol. The first kappa shape index (κ1) is 13.5. The lowest BCUT2D eigenvalue weighted by atomic mass is 10.1. The Kier molecular flexibility index (Phi) is 4.31. The minimum atomic E-state index is -0.331. The fourth-order valence-electron chi connectivity index (χ4n) is 2.21. The number of nitro groups is 1. The molecule has 0 aliphatic carbocycles. The van der Waals surface area contributed by atoms with E-state index in [4.69, 9.17) is 0 Å². The molecule has 2 rings (SSSR count). The summed E-state index contributed by atoms with van der Waals surface area (Å²) in [6.45, 7) is 2.63. The molecular formula is C12H16BrN3O2. The lowest BCUT2D eigenvalue weighted by Crippen LogP contribution is -2.31. The van der Waals surface area contributed by atoms with Gasteiger partial charge in [-0.1, -0.05) is 15.9 Å². The zero-order valence-electron chi connectivity index (χ0n) is 10.2. The first-order valence-corrected chi connectivity index (χ1v) is 6.70. The van der Waals surface area contributed by atoms with Crippen LogP contribution in [0.4, 0.5) is 5.69 Å². The largest absolute Gasteiger partial charge is 0.308 e. The van der Waals surface area contributed by atoms with E-state index in [0.717, 1.165) is 29.5 Å². The Morgan fingerprint density at radius 3 is 3.00 bits per heavy atom. The van der Waals surface area contributed by atoms with Crippen molar-refractivity contribution in [1.82, 2.24) is 10.2 Å². The predicted octanol–water partition coefficient (Wildman–Crippen LogP) is 2.15. The van der Waals surface area contributed by atoms with Crippen molar-refractivity contribution >= 4 is 21.6 Å². The maximum absolute atomic E-state index is 11.0. The number of hydrogen-bond donors (Lipinski definition) is 1. The highest BCUT2D eigenvalue weighted by Crippen LogP contribution is 2.23. The Morgan fingerprint density at radius 2 is 2.39 bits per heavy atom. The molecule has 1 saturated heterocycles. The number of nitrogens with zero attached hydrogens (tertiary/aromatic N) is 2. The molecule has 0 amide bonds. The van der Waals surface area contributed by atoms with Crippen LogP contribution in [0, 0.1) is 10.1 Å². The summed E-state index contributed by atoms with van der Waals surface area (Å²) in [4.78, 5) is 12.9. The van der Waals surface area contributed by atoms with E-state index in [1.165, 1.54) is 0 Å². The van der Waals surface area contributed by atoms with Crippen molar-refractivity contribution in [3.05, 3.63) is 38.3 Å². The Hall–Kier alpha value is -0.980. The number of nitro benzene ring substituents is 1. The third-order valence-corrected chi connectivity index (χ3v) is 3.71. The molecule has 0 bridgehead atoms. The van der Waals surface area contributed by atoms with Crippen molar-refractivity contribution in [3.63, 3.8) is 0 Å². The molecule has 1 atom stereocenters. The van der Waals surface area contributed by atoms with Gasteiger partial charge in [0.2, 0.25) is 0 Å². The summed E-state index contributed by atoms with van der Waals surface area (Å²) in [5.74, 6) is 0. The highest BCUT2D eigenvalue weighted by molar-refractivity contribution is 9.10. The van der Waals surface area contributed by atoms with Crippen LogP contribution >= 0.6 is 15.9 Å². The molecule has 6 heteroatoms. The van der Waals surface area contributed by atoms with E-state index in [9.17, 15) is 10.1 Å². The lowest BCUT2D eigenvalue weighted by Gasteiger charge is -2.12. The summed E-state index contributed by atoms with van der Waals surface area (Å²) in [5.41, 5.74) is 0.904. The van der Waals surface area contributed by atoms with Crippen molar-refractivity contribution in [1.29, 1.82) is 0 Å². The van der Waals surface area contributed by atoms with Crippen LogP contribution < -0.4 is 5.32 Å². The predicted molar refractivity (Wildman–Crippen MR) is 73.5 cm³/mol. The topological polar surface area (TPSA) is 58.4 Å². The second-order valence-corrected chi connectivity index (χ2v) is 5.57. The van der Waals surface area contributed by atoms with Gasteiger partial charge in [-0.15, -0.1) is 0 Å². The van der Waals surface area contributed by atoms with Crippen molar-refractivity contribution in [2.75, 3.05) is 20.1 Å². The molecule has 1 aliphatic rings. The molecule has 1 unspecified atom stereocenters. The molecule has 0 saturated carbocycles. The molecule has 1 heterocycles.